The highest BCUT2D eigenvalue weighted by Crippen LogP contribution is 2.26. The van der Waals surface area contributed by atoms with Crippen molar-refractivity contribution < 1.29 is 13.2 Å². The smallest absolute Gasteiger partial charge is 0.266 e. The maximum atomic E-state index is 12.4. The molecule has 1 aromatic carbocycles. The summed E-state index contributed by atoms with van der Waals surface area (Å²) in [6.07, 6.45) is 1.81. The molecule has 1 heterocycles. The van der Waals surface area contributed by atoms with Gasteiger partial charge < -0.3 is 0 Å². The summed E-state index contributed by atoms with van der Waals surface area (Å²) < 4.78 is 25.9. The number of rotatable bonds is 2. The molecule has 1 amide bonds. The fourth-order valence-electron chi connectivity index (χ4n) is 2.22. The second-order valence-electron chi connectivity index (χ2n) is 4.75. The van der Waals surface area contributed by atoms with Crippen molar-refractivity contribution >= 4 is 15.9 Å². The molecule has 1 unspecified atom stereocenters. The van der Waals surface area contributed by atoms with Gasteiger partial charge in [-0.1, -0.05) is 17.7 Å². The predicted molar refractivity (Wildman–Crippen MR) is 68.5 cm³/mol. The van der Waals surface area contributed by atoms with Crippen LogP contribution in [0.3, 0.4) is 0 Å². The minimum atomic E-state index is -3.69. The summed E-state index contributed by atoms with van der Waals surface area (Å²) in [4.78, 5) is 12.0. The maximum absolute atomic E-state index is 12.4. The predicted octanol–water partition coefficient (Wildman–Crippen LogP) is 2.08. The normalized spacial score (nSPS) is 21.1. The number of sulfonamides is 1. The molecule has 98 valence electrons. The van der Waals surface area contributed by atoms with Crippen molar-refractivity contribution in [2.24, 2.45) is 0 Å². The Bertz CT molecular complexity index is 548. The van der Waals surface area contributed by atoms with Gasteiger partial charge in [-0.15, -0.1) is 0 Å². The number of hydrogen-bond acceptors (Lipinski definition) is 3. The second-order valence-corrected chi connectivity index (χ2v) is 6.56. The average molecular weight is 267 g/mol. The first-order valence-corrected chi connectivity index (χ1v) is 7.51. The third-order valence-electron chi connectivity index (χ3n) is 3.24. The number of piperidine rings is 1. The summed E-state index contributed by atoms with van der Waals surface area (Å²) in [6, 6.07) is 6.34. The molecule has 0 N–H and O–H groups in total. The van der Waals surface area contributed by atoms with Crippen molar-refractivity contribution in [3.63, 3.8) is 0 Å². The molecule has 1 aromatic rings. The standard InChI is InChI=1S/C13H17NO3S/c1-10-6-8-12(9-7-10)18(16,17)14-11(2)4-3-5-13(14)15/h6-9,11H,3-5H2,1-2H3. The molecule has 0 aliphatic carbocycles. The van der Waals surface area contributed by atoms with Crippen molar-refractivity contribution in [2.45, 2.75) is 44.0 Å². The van der Waals surface area contributed by atoms with Crippen LogP contribution in [-0.4, -0.2) is 24.7 Å². The number of carbonyl (C=O) groups excluding carboxylic acids is 1. The Morgan fingerprint density at radius 1 is 1.22 bits per heavy atom. The topological polar surface area (TPSA) is 54.5 Å². The number of amides is 1. The van der Waals surface area contributed by atoms with E-state index in [1.807, 2.05) is 6.92 Å². The molecular weight excluding hydrogens is 250 g/mol. The Morgan fingerprint density at radius 3 is 2.39 bits per heavy atom. The first kappa shape index (κ1) is 13.1. The van der Waals surface area contributed by atoms with Crippen LogP contribution in [0.2, 0.25) is 0 Å². The third-order valence-corrected chi connectivity index (χ3v) is 5.19. The molecule has 0 spiro atoms. The van der Waals surface area contributed by atoms with Crippen LogP contribution in [-0.2, 0) is 14.8 Å². The van der Waals surface area contributed by atoms with Crippen LogP contribution >= 0.6 is 0 Å². The number of hydrogen-bond donors (Lipinski definition) is 0. The first-order chi connectivity index (χ1) is 8.43. The van der Waals surface area contributed by atoms with E-state index in [0.717, 1.165) is 22.7 Å². The average Bonchev–Trinajstić information content (AvgIpc) is 2.29. The molecule has 5 heteroatoms. The number of carbonyl (C=O) groups is 1. The number of benzene rings is 1. The Morgan fingerprint density at radius 2 is 1.83 bits per heavy atom. The van der Waals surface area contributed by atoms with E-state index in [2.05, 4.69) is 0 Å². The van der Waals surface area contributed by atoms with Crippen LogP contribution in [0.5, 0.6) is 0 Å². The molecule has 0 aromatic heterocycles. The zero-order valence-corrected chi connectivity index (χ0v) is 11.4. The monoisotopic (exact) mass is 267 g/mol. The summed E-state index contributed by atoms with van der Waals surface area (Å²) >= 11 is 0. The maximum Gasteiger partial charge on any atom is 0.266 e. The van der Waals surface area contributed by atoms with Gasteiger partial charge >= 0.3 is 0 Å². The fraction of sp³-hybridized carbons (Fsp3) is 0.462. The van der Waals surface area contributed by atoms with E-state index in [-0.39, 0.29) is 16.8 Å². The SMILES string of the molecule is Cc1ccc(S(=O)(=O)N2C(=O)CCCC2C)cc1. The number of aryl methyl sites for hydroxylation is 1. The summed E-state index contributed by atoms with van der Waals surface area (Å²) in [5, 5.41) is 0. The summed E-state index contributed by atoms with van der Waals surface area (Å²) in [5.41, 5.74) is 0.993. The third kappa shape index (κ3) is 2.27. The summed E-state index contributed by atoms with van der Waals surface area (Å²) in [5.74, 6) is -0.297. The quantitative estimate of drug-likeness (QED) is 0.824. The van der Waals surface area contributed by atoms with Crippen molar-refractivity contribution in [1.82, 2.24) is 4.31 Å². The Kier molecular flexibility index (Phi) is 3.43. The summed E-state index contributed by atoms with van der Waals surface area (Å²) in [7, 11) is -3.69. The van der Waals surface area contributed by atoms with Gasteiger partial charge in [-0.25, -0.2) is 12.7 Å². The fourth-order valence-corrected chi connectivity index (χ4v) is 3.86. The van der Waals surface area contributed by atoms with Gasteiger partial charge in [0.15, 0.2) is 0 Å². The van der Waals surface area contributed by atoms with E-state index in [4.69, 9.17) is 0 Å². The van der Waals surface area contributed by atoms with Gasteiger partial charge in [-0.05, 0) is 38.8 Å². The molecule has 1 fully saturated rings. The van der Waals surface area contributed by atoms with Gasteiger partial charge in [0, 0.05) is 12.5 Å². The van der Waals surface area contributed by atoms with E-state index in [1.165, 1.54) is 0 Å². The second kappa shape index (κ2) is 4.72. The summed E-state index contributed by atoms with van der Waals surface area (Å²) in [6.45, 7) is 3.67. The highest BCUT2D eigenvalue weighted by Gasteiger charge is 2.35. The van der Waals surface area contributed by atoms with E-state index >= 15 is 0 Å². The Balaban J connectivity index is 2.41. The van der Waals surface area contributed by atoms with Gasteiger partial charge in [0.25, 0.3) is 10.0 Å². The van der Waals surface area contributed by atoms with Crippen LogP contribution in [0, 0.1) is 6.92 Å². The molecule has 0 bridgehead atoms. The van der Waals surface area contributed by atoms with Crippen molar-refractivity contribution in [2.75, 3.05) is 0 Å². The van der Waals surface area contributed by atoms with Crippen molar-refractivity contribution in [1.29, 1.82) is 0 Å². The van der Waals surface area contributed by atoms with Crippen molar-refractivity contribution in [3.8, 4) is 0 Å². The lowest BCUT2D eigenvalue weighted by Crippen LogP contribution is -2.45. The van der Waals surface area contributed by atoms with Crippen molar-refractivity contribution in [3.05, 3.63) is 29.8 Å². The lowest BCUT2D eigenvalue weighted by Gasteiger charge is -2.32. The largest absolute Gasteiger partial charge is 0.274 e. The molecule has 4 nitrogen and oxygen atoms in total. The van der Waals surface area contributed by atoms with E-state index < -0.39 is 10.0 Å². The van der Waals surface area contributed by atoms with Gasteiger partial charge in [0.1, 0.15) is 0 Å². The molecule has 2 rings (SSSR count). The first-order valence-electron chi connectivity index (χ1n) is 6.07. The minimum Gasteiger partial charge on any atom is -0.274 e. The number of nitrogens with zero attached hydrogens (tertiary/aromatic N) is 1. The zero-order valence-electron chi connectivity index (χ0n) is 10.6. The van der Waals surface area contributed by atoms with Gasteiger partial charge in [0.2, 0.25) is 5.91 Å². The molecule has 1 atom stereocenters. The highest BCUT2D eigenvalue weighted by atomic mass is 32.2. The molecular formula is C13H17NO3S. The lowest BCUT2D eigenvalue weighted by molar-refractivity contribution is -0.129. The van der Waals surface area contributed by atoms with Gasteiger partial charge in [-0.2, -0.15) is 0 Å². The molecule has 1 saturated heterocycles. The van der Waals surface area contributed by atoms with Crippen LogP contribution in [0.25, 0.3) is 0 Å². The van der Waals surface area contributed by atoms with Crippen LogP contribution in [0.4, 0.5) is 0 Å². The molecule has 0 radical (unpaired) electrons. The molecule has 1 aliphatic heterocycles. The Hall–Kier alpha value is -1.36. The van der Waals surface area contributed by atoms with E-state index in [0.29, 0.717) is 6.42 Å². The zero-order chi connectivity index (χ0) is 13.3. The molecule has 1 aliphatic rings. The molecule has 18 heavy (non-hydrogen) atoms. The van der Waals surface area contributed by atoms with Gasteiger partial charge in [0.05, 0.1) is 4.90 Å². The van der Waals surface area contributed by atoms with E-state index in [9.17, 15) is 13.2 Å². The van der Waals surface area contributed by atoms with Gasteiger partial charge in [-0.3, -0.25) is 4.79 Å². The Labute approximate surface area is 108 Å². The lowest BCUT2D eigenvalue weighted by atomic mass is 10.1. The molecule has 0 saturated carbocycles. The van der Waals surface area contributed by atoms with E-state index in [1.54, 1.807) is 31.2 Å². The van der Waals surface area contributed by atoms with Crippen LogP contribution < -0.4 is 0 Å². The van der Waals surface area contributed by atoms with Crippen LogP contribution in [0.15, 0.2) is 29.2 Å². The highest BCUT2D eigenvalue weighted by molar-refractivity contribution is 7.89. The minimum absolute atomic E-state index is 0.190. The van der Waals surface area contributed by atoms with Crippen LogP contribution in [0.1, 0.15) is 31.7 Å².